The van der Waals surface area contributed by atoms with E-state index >= 15 is 0 Å². The number of piperidine rings is 1. The number of nitrogen functional groups attached to an aromatic ring is 1. The lowest BCUT2D eigenvalue weighted by atomic mass is 9.99. The molecule has 1 saturated heterocycles. The van der Waals surface area contributed by atoms with Crippen molar-refractivity contribution in [3.05, 3.63) is 24.0 Å². The highest BCUT2D eigenvalue weighted by molar-refractivity contribution is 7.89. The van der Waals surface area contributed by atoms with E-state index in [4.69, 9.17) is 10.5 Å². The number of ether oxygens (including phenoxy) is 1. The van der Waals surface area contributed by atoms with Gasteiger partial charge in [0, 0.05) is 26.8 Å². The number of hydrogen-bond acceptors (Lipinski definition) is 4. The number of hydrogen-bond donors (Lipinski definition) is 1. The van der Waals surface area contributed by atoms with Gasteiger partial charge in [0.05, 0.1) is 10.6 Å². The topological polar surface area (TPSA) is 72.6 Å². The maximum Gasteiger partial charge on any atom is 0.243 e. The van der Waals surface area contributed by atoms with Crippen LogP contribution in [0, 0.1) is 11.7 Å². The molecule has 1 aromatic carbocycles. The smallest absolute Gasteiger partial charge is 0.243 e. The highest BCUT2D eigenvalue weighted by atomic mass is 32.2. The lowest BCUT2D eigenvalue weighted by Crippen LogP contribution is -2.39. The number of methoxy groups -OCH3 is 1. The molecule has 5 nitrogen and oxygen atoms in total. The van der Waals surface area contributed by atoms with E-state index in [2.05, 4.69) is 0 Å². The molecule has 20 heavy (non-hydrogen) atoms. The fraction of sp³-hybridized carbons (Fsp3) is 0.538. The van der Waals surface area contributed by atoms with Crippen molar-refractivity contribution < 1.29 is 17.5 Å². The van der Waals surface area contributed by atoms with Crippen molar-refractivity contribution in [1.29, 1.82) is 0 Å². The van der Waals surface area contributed by atoms with Crippen molar-refractivity contribution in [1.82, 2.24) is 4.31 Å². The molecule has 1 fully saturated rings. The molecule has 0 amide bonds. The van der Waals surface area contributed by atoms with Crippen LogP contribution >= 0.6 is 0 Å². The first-order valence-corrected chi connectivity index (χ1v) is 7.93. The molecule has 112 valence electrons. The molecule has 1 aromatic rings. The van der Waals surface area contributed by atoms with Gasteiger partial charge in [0.25, 0.3) is 0 Å². The molecule has 0 saturated carbocycles. The number of rotatable bonds is 4. The Hall–Kier alpha value is -1.18. The molecule has 0 unspecified atom stereocenters. The monoisotopic (exact) mass is 302 g/mol. The first-order valence-electron chi connectivity index (χ1n) is 6.49. The number of nitrogens with zero attached hydrogens (tertiary/aromatic N) is 1. The fourth-order valence-electron chi connectivity index (χ4n) is 2.37. The van der Waals surface area contributed by atoms with Crippen LogP contribution in [0.4, 0.5) is 10.1 Å². The second-order valence-electron chi connectivity index (χ2n) is 4.99. The van der Waals surface area contributed by atoms with Crippen molar-refractivity contribution in [3.63, 3.8) is 0 Å². The van der Waals surface area contributed by atoms with E-state index in [0.717, 1.165) is 18.9 Å². The highest BCUT2D eigenvalue weighted by Crippen LogP contribution is 2.25. The molecule has 7 heteroatoms. The zero-order valence-electron chi connectivity index (χ0n) is 11.4. The molecule has 0 atom stereocenters. The Labute approximate surface area is 118 Å². The van der Waals surface area contributed by atoms with Gasteiger partial charge in [0.15, 0.2) is 0 Å². The molecule has 0 spiro atoms. The van der Waals surface area contributed by atoms with Gasteiger partial charge < -0.3 is 10.5 Å². The Bertz CT molecular complexity index is 569. The average Bonchev–Trinajstić information content (AvgIpc) is 2.43. The second kappa shape index (κ2) is 6.07. The first kappa shape index (κ1) is 15.2. The third-order valence-corrected chi connectivity index (χ3v) is 5.48. The standard InChI is InChI=1S/C13H19FN2O3S/c1-19-9-10-4-6-16(7-5-10)20(17,18)11-2-3-13(15)12(14)8-11/h2-3,8,10H,4-7,9,15H2,1H3. The van der Waals surface area contributed by atoms with Gasteiger partial charge in [-0.2, -0.15) is 4.31 Å². The average molecular weight is 302 g/mol. The van der Waals surface area contributed by atoms with E-state index in [1.54, 1.807) is 7.11 Å². The predicted octanol–water partition coefficient (Wildman–Crippen LogP) is 1.45. The minimum atomic E-state index is -3.64. The number of halogens is 1. The number of nitrogens with two attached hydrogens (primary N) is 1. The molecule has 0 aromatic heterocycles. The van der Waals surface area contributed by atoms with Crippen LogP contribution in [0.15, 0.2) is 23.1 Å². The molecule has 0 aliphatic carbocycles. The van der Waals surface area contributed by atoms with Gasteiger partial charge >= 0.3 is 0 Å². The maximum atomic E-state index is 13.4. The number of benzene rings is 1. The minimum absolute atomic E-state index is 0.0469. The molecular formula is C13H19FN2O3S. The van der Waals surface area contributed by atoms with Crippen molar-refractivity contribution in [2.75, 3.05) is 32.5 Å². The Morgan fingerprint density at radius 1 is 1.40 bits per heavy atom. The van der Waals surface area contributed by atoms with E-state index < -0.39 is 15.8 Å². The summed E-state index contributed by atoms with van der Waals surface area (Å²) in [5.74, 6) is -0.324. The van der Waals surface area contributed by atoms with Crippen LogP contribution in [-0.4, -0.2) is 39.5 Å². The Morgan fingerprint density at radius 2 is 2.05 bits per heavy atom. The largest absolute Gasteiger partial charge is 0.396 e. The maximum absolute atomic E-state index is 13.4. The van der Waals surface area contributed by atoms with Crippen molar-refractivity contribution in [3.8, 4) is 0 Å². The summed E-state index contributed by atoms with van der Waals surface area (Å²) in [7, 11) is -2.00. The molecule has 1 aliphatic rings. The summed E-state index contributed by atoms with van der Waals surface area (Å²) in [5, 5.41) is 0. The van der Waals surface area contributed by atoms with Gasteiger partial charge in [-0.05, 0) is 37.0 Å². The Morgan fingerprint density at radius 3 is 2.60 bits per heavy atom. The summed E-state index contributed by atoms with van der Waals surface area (Å²) in [6.45, 7) is 1.51. The first-order chi connectivity index (χ1) is 9.45. The molecule has 0 bridgehead atoms. The molecule has 2 N–H and O–H groups in total. The van der Waals surface area contributed by atoms with E-state index in [0.29, 0.717) is 25.6 Å². The zero-order valence-corrected chi connectivity index (χ0v) is 12.2. The third-order valence-electron chi connectivity index (χ3n) is 3.59. The summed E-state index contributed by atoms with van der Waals surface area (Å²) in [6, 6.07) is 3.60. The quantitative estimate of drug-likeness (QED) is 0.855. The number of sulfonamides is 1. The van der Waals surface area contributed by atoms with Crippen molar-refractivity contribution in [2.45, 2.75) is 17.7 Å². The SMILES string of the molecule is COCC1CCN(S(=O)(=O)c2ccc(N)c(F)c2)CC1. The van der Waals surface area contributed by atoms with E-state index in [1.165, 1.54) is 16.4 Å². The molecular weight excluding hydrogens is 283 g/mol. The zero-order chi connectivity index (χ0) is 14.8. The highest BCUT2D eigenvalue weighted by Gasteiger charge is 2.29. The number of anilines is 1. The van der Waals surface area contributed by atoms with E-state index in [1.807, 2.05) is 0 Å². The van der Waals surface area contributed by atoms with Crippen LogP contribution in [-0.2, 0) is 14.8 Å². The summed E-state index contributed by atoms with van der Waals surface area (Å²) < 4.78 is 44.7. The lowest BCUT2D eigenvalue weighted by molar-refractivity contribution is 0.121. The summed E-state index contributed by atoms with van der Waals surface area (Å²) in [5.41, 5.74) is 5.31. The minimum Gasteiger partial charge on any atom is -0.396 e. The van der Waals surface area contributed by atoms with Crippen LogP contribution < -0.4 is 5.73 Å². The molecule has 0 radical (unpaired) electrons. The predicted molar refractivity (Wildman–Crippen MR) is 74.2 cm³/mol. The van der Waals surface area contributed by atoms with Crippen molar-refractivity contribution in [2.24, 2.45) is 5.92 Å². The molecule has 1 heterocycles. The summed E-state index contributed by atoms with van der Waals surface area (Å²) >= 11 is 0. The van der Waals surface area contributed by atoms with E-state index in [9.17, 15) is 12.8 Å². The molecule has 1 aliphatic heterocycles. The van der Waals surface area contributed by atoms with Gasteiger partial charge in [0.2, 0.25) is 10.0 Å². The normalized spacial score (nSPS) is 18.3. The molecule has 2 rings (SSSR count). The van der Waals surface area contributed by atoms with Gasteiger partial charge in [-0.25, -0.2) is 12.8 Å². The van der Waals surface area contributed by atoms with Crippen LogP contribution in [0.3, 0.4) is 0 Å². The Kier molecular flexibility index (Phi) is 4.62. The third kappa shape index (κ3) is 3.11. The van der Waals surface area contributed by atoms with Crippen LogP contribution in [0.5, 0.6) is 0 Å². The van der Waals surface area contributed by atoms with Gasteiger partial charge in [-0.15, -0.1) is 0 Å². The Balaban J connectivity index is 2.13. The fourth-order valence-corrected chi connectivity index (χ4v) is 3.85. The van der Waals surface area contributed by atoms with Gasteiger partial charge in [-0.3, -0.25) is 0 Å². The van der Waals surface area contributed by atoms with Gasteiger partial charge in [0.1, 0.15) is 5.82 Å². The van der Waals surface area contributed by atoms with Crippen LogP contribution in [0.1, 0.15) is 12.8 Å². The summed E-state index contributed by atoms with van der Waals surface area (Å²) in [4.78, 5) is -0.0469. The van der Waals surface area contributed by atoms with Crippen molar-refractivity contribution >= 4 is 15.7 Å². The lowest BCUT2D eigenvalue weighted by Gasteiger charge is -2.30. The van der Waals surface area contributed by atoms with Crippen LogP contribution in [0.2, 0.25) is 0 Å². The van der Waals surface area contributed by atoms with Crippen LogP contribution in [0.25, 0.3) is 0 Å². The second-order valence-corrected chi connectivity index (χ2v) is 6.92. The van der Waals surface area contributed by atoms with E-state index in [-0.39, 0.29) is 10.6 Å². The van der Waals surface area contributed by atoms with Gasteiger partial charge in [-0.1, -0.05) is 0 Å². The summed E-state index contributed by atoms with van der Waals surface area (Å²) in [6.07, 6.45) is 1.51.